The van der Waals surface area contributed by atoms with Gasteiger partial charge in [0.2, 0.25) is 5.82 Å². The van der Waals surface area contributed by atoms with Crippen LogP contribution in [-0.4, -0.2) is 36.1 Å². The van der Waals surface area contributed by atoms with Crippen molar-refractivity contribution < 1.29 is 4.79 Å². The topological polar surface area (TPSA) is 110 Å². The molecule has 0 aliphatic rings. The minimum Gasteiger partial charge on any atom is -0.303 e. The van der Waals surface area contributed by atoms with Crippen molar-refractivity contribution in [3.8, 4) is 22.5 Å². The van der Waals surface area contributed by atoms with Gasteiger partial charge in [0.15, 0.2) is 0 Å². The number of thiophene rings is 1. The van der Waals surface area contributed by atoms with Gasteiger partial charge in [-0.2, -0.15) is 5.21 Å². The maximum Gasteiger partial charge on any atom is 0.268 e. The third kappa shape index (κ3) is 6.10. The summed E-state index contributed by atoms with van der Waals surface area (Å²) in [7, 11) is 0. The second kappa shape index (κ2) is 12.9. The standard InChI is InChI=1S/C37H31N7O2S/c1-24(2)35-38-32-19-18-28(43(22-25-9-4-3-5-10-25)37(46)33-13-8-20-47-33)21-31(32)36(45)44(35)23-26-14-16-27(17-15-26)29-11-6-7-12-30(29)34-39-41-42-40-34/h3-21,24H,22-23H2,1-2H3,(H,39,40,41,42). The highest BCUT2D eigenvalue weighted by molar-refractivity contribution is 7.12. The van der Waals surface area contributed by atoms with E-state index in [0.29, 0.717) is 46.2 Å². The van der Waals surface area contributed by atoms with E-state index in [4.69, 9.17) is 4.98 Å². The highest BCUT2D eigenvalue weighted by Gasteiger charge is 2.22. The van der Waals surface area contributed by atoms with Gasteiger partial charge < -0.3 is 4.90 Å². The summed E-state index contributed by atoms with van der Waals surface area (Å²) >= 11 is 1.40. The molecule has 0 unspecified atom stereocenters. The van der Waals surface area contributed by atoms with Gasteiger partial charge >= 0.3 is 0 Å². The van der Waals surface area contributed by atoms with Crippen LogP contribution in [0.25, 0.3) is 33.4 Å². The molecule has 1 amide bonds. The molecule has 232 valence electrons. The lowest BCUT2D eigenvalue weighted by atomic mass is 9.98. The van der Waals surface area contributed by atoms with Crippen LogP contribution in [0.15, 0.2) is 119 Å². The van der Waals surface area contributed by atoms with Crippen molar-refractivity contribution in [1.29, 1.82) is 0 Å². The Morgan fingerprint density at radius 2 is 1.64 bits per heavy atom. The molecule has 0 saturated heterocycles. The average Bonchev–Trinajstić information content (AvgIpc) is 3.85. The fourth-order valence-corrected chi connectivity index (χ4v) is 6.42. The van der Waals surface area contributed by atoms with Crippen molar-refractivity contribution in [2.75, 3.05) is 4.90 Å². The Morgan fingerprint density at radius 1 is 0.872 bits per heavy atom. The minimum absolute atomic E-state index is 0.0165. The Morgan fingerprint density at radius 3 is 2.34 bits per heavy atom. The van der Waals surface area contributed by atoms with Crippen molar-refractivity contribution in [2.24, 2.45) is 0 Å². The monoisotopic (exact) mass is 637 g/mol. The van der Waals surface area contributed by atoms with Crippen LogP contribution in [0.5, 0.6) is 0 Å². The van der Waals surface area contributed by atoms with Crippen molar-refractivity contribution in [2.45, 2.75) is 32.9 Å². The predicted molar refractivity (Wildman–Crippen MR) is 186 cm³/mol. The summed E-state index contributed by atoms with van der Waals surface area (Å²) in [4.78, 5) is 35.3. The summed E-state index contributed by atoms with van der Waals surface area (Å²) in [6, 6.07) is 35.1. The molecule has 7 aromatic rings. The summed E-state index contributed by atoms with van der Waals surface area (Å²) in [6.07, 6.45) is 0. The number of nitrogens with zero attached hydrogens (tertiary/aromatic N) is 6. The highest BCUT2D eigenvalue weighted by atomic mass is 32.1. The van der Waals surface area contributed by atoms with Gasteiger partial charge in [-0.1, -0.05) is 98.8 Å². The Kier molecular flexibility index (Phi) is 8.24. The van der Waals surface area contributed by atoms with E-state index < -0.39 is 0 Å². The van der Waals surface area contributed by atoms with E-state index in [2.05, 4.69) is 20.6 Å². The molecule has 0 aliphatic carbocycles. The third-order valence-electron chi connectivity index (χ3n) is 8.07. The number of carbonyl (C=O) groups excluding carboxylic acids is 1. The quantitative estimate of drug-likeness (QED) is 0.178. The lowest BCUT2D eigenvalue weighted by molar-refractivity contribution is 0.0989. The molecule has 0 radical (unpaired) electrons. The number of aromatic nitrogens is 6. The highest BCUT2D eigenvalue weighted by Crippen LogP contribution is 2.30. The van der Waals surface area contributed by atoms with E-state index in [1.165, 1.54) is 11.3 Å². The van der Waals surface area contributed by atoms with Crippen LogP contribution in [-0.2, 0) is 13.1 Å². The largest absolute Gasteiger partial charge is 0.303 e. The molecule has 0 bridgehead atoms. The van der Waals surface area contributed by atoms with Gasteiger partial charge in [-0.3, -0.25) is 14.2 Å². The Hall–Kier alpha value is -5.74. The second-order valence-electron chi connectivity index (χ2n) is 11.5. The van der Waals surface area contributed by atoms with E-state index in [1.807, 2.05) is 122 Å². The van der Waals surface area contributed by atoms with Crippen molar-refractivity contribution in [3.05, 3.63) is 147 Å². The first-order valence-corrected chi connectivity index (χ1v) is 16.2. The van der Waals surface area contributed by atoms with E-state index in [1.54, 1.807) is 15.5 Å². The molecule has 3 aromatic heterocycles. The Bertz CT molecular complexity index is 2210. The molecule has 9 nitrogen and oxygen atoms in total. The molecule has 0 spiro atoms. The molecule has 47 heavy (non-hydrogen) atoms. The average molecular weight is 638 g/mol. The maximum atomic E-state index is 14.3. The summed E-state index contributed by atoms with van der Waals surface area (Å²) in [5.74, 6) is 1.13. The number of fused-ring (bicyclic) bond motifs is 1. The lowest BCUT2D eigenvalue weighted by Crippen LogP contribution is -2.30. The zero-order valence-corrected chi connectivity index (χ0v) is 26.7. The summed E-state index contributed by atoms with van der Waals surface area (Å²) in [5, 5.41) is 16.9. The number of hydrogen-bond donors (Lipinski definition) is 1. The van der Waals surface area contributed by atoms with Gasteiger partial charge in [0.05, 0.1) is 28.9 Å². The molecule has 0 fully saturated rings. The molecule has 1 N–H and O–H groups in total. The summed E-state index contributed by atoms with van der Waals surface area (Å²) in [6.45, 7) is 4.81. The van der Waals surface area contributed by atoms with Crippen LogP contribution < -0.4 is 10.5 Å². The number of hydrogen-bond acceptors (Lipinski definition) is 7. The van der Waals surface area contributed by atoms with Gasteiger partial charge in [0.25, 0.3) is 11.5 Å². The van der Waals surface area contributed by atoms with Gasteiger partial charge in [-0.25, -0.2) is 4.98 Å². The van der Waals surface area contributed by atoms with Crippen LogP contribution in [0.2, 0.25) is 0 Å². The van der Waals surface area contributed by atoms with Crippen LogP contribution >= 0.6 is 11.3 Å². The molecule has 0 saturated carbocycles. The number of H-pyrrole nitrogens is 1. The third-order valence-corrected chi connectivity index (χ3v) is 8.93. The molecule has 0 aliphatic heterocycles. The van der Waals surface area contributed by atoms with Crippen LogP contribution in [0.1, 0.15) is 46.4 Å². The summed E-state index contributed by atoms with van der Waals surface area (Å²) in [5.41, 5.74) is 5.93. The fourth-order valence-electron chi connectivity index (χ4n) is 5.75. The number of nitrogens with one attached hydrogen (secondary N) is 1. The number of benzene rings is 4. The molecule has 4 aromatic carbocycles. The zero-order chi connectivity index (χ0) is 32.3. The number of tetrazole rings is 1. The number of aromatic amines is 1. The molecular formula is C37H31N7O2S. The predicted octanol–water partition coefficient (Wildman–Crippen LogP) is 7.32. The Labute approximate surface area is 275 Å². The first-order chi connectivity index (χ1) is 23.0. The van der Waals surface area contributed by atoms with E-state index >= 15 is 0 Å². The molecule has 0 atom stereocenters. The van der Waals surface area contributed by atoms with Crippen molar-refractivity contribution in [3.63, 3.8) is 0 Å². The van der Waals surface area contributed by atoms with Crippen LogP contribution in [0.4, 0.5) is 5.69 Å². The maximum absolute atomic E-state index is 14.3. The van der Waals surface area contributed by atoms with Crippen molar-refractivity contribution in [1.82, 2.24) is 30.2 Å². The molecule has 10 heteroatoms. The number of carbonyl (C=O) groups is 1. The van der Waals surface area contributed by atoms with E-state index in [0.717, 1.165) is 27.8 Å². The van der Waals surface area contributed by atoms with Gasteiger partial charge in [0, 0.05) is 17.2 Å². The fraction of sp³-hybridized carbons (Fsp3) is 0.135. The molecular weight excluding hydrogens is 607 g/mol. The number of rotatable bonds is 9. The van der Waals surface area contributed by atoms with Crippen LogP contribution in [0.3, 0.4) is 0 Å². The second-order valence-corrected chi connectivity index (χ2v) is 12.5. The van der Waals surface area contributed by atoms with Gasteiger partial charge in [-0.05, 0) is 57.1 Å². The summed E-state index contributed by atoms with van der Waals surface area (Å²) < 4.78 is 1.75. The number of amides is 1. The lowest BCUT2D eigenvalue weighted by Gasteiger charge is -2.23. The number of anilines is 1. The Balaban J connectivity index is 1.26. The van der Waals surface area contributed by atoms with Crippen LogP contribution in [0, 0.1) is 0 Å². The van der Waals surface area contributed by atoms with Crippen molar-refractivity contribution >= 4 is 33.8 Å². The van der Waals surface area contributed by atoms with E-state index in [9.17, 15) is 9.59 Å². The van der Waals surface area contributed by atoms with Gasteiger partial charge in [-0.15, -0.1) is 21.5 Å². The minimum atomic E-state index is -0.143. The smallest absolute Gasteiger partial charge is 0.268 e. The zero-order valence-electron chi connectivity index (χ0n) is 25.9. The first-order valence-electron chi connectivity index (χ1n) is 15.3. The normalized spacial score (nSPS) is 11.3. The van der Waals surface area contributed by atoms with E-state index in [-0.39, 0.29) is 17.4 Å². The first kappa shape index (κ1) is 29.9. The molecule has 3 heterocycles. The SMILES string of the molecule is CC(C)c1nc2ccc(N(Cc3ccccc3)C(=O)c3cccs3)cc2c(=O)n1Cc1ccc(-c2ccccc2-c2nn[nH]n2)cc1. The molecule has 7 rings (SSSR count). The van der Waals surface area contributed by atoms with Gasteiger partial charge in [0.1, 0.15) is 5.82 Å².